The van der Waals surface area contributed by atoms with Crippen molar-refractivity contribution < 1.29 is 29.1 Å². The number of amides is 4. The summed E-state index contributed by atoms with van der Waals surface area (Å²) in [6.45, 7) is 12.0. The average Bonchev–Trinajstić information content (AvgIpc) is 3.61. The molecule has 3 aliphatic carbocycles. The lowest BCUT2D eigenvalue weighted by atomic mass is 9.72. The molecule has 8 heteroatoms. The van der Waals surface area contributed by atoms with Crippen molar-refractivity contribution in [1.82, 2.24) is 10.6 Å². The Labute approximate surface area is 246 Å². The molecule has 0 aromatic carbocycles. The SMILES string of the molecule is CCC1C(C=O)CC(C(=O)NC(=O)CC(C)C)C1C1CCC(C2C(C(=O)NC(=O)CC(C)C)CC(CO)C2CC)C1. The molecule has 3 aliphatic rings. The molecule has 232 valence electrons. The molecule has 4 amide bonds. The summed E-state index contributed by atoms with van der Waals surface area (Å²) in [6.07, 6.45) is 7.01. The zero-order valence-corrected chi connectivity index (χ0v) is 26.1. The van der Waals surface area contributed by atoms with Gasteiger partial charge in [0.15, 0.2) is 0 Å². The fourth-order valence-corrected chi connectivity index (χ4v) is 9.00. The number of aldehydes is 1. The van der Waals surface area contributed by atoms with Crippen molar-refractivity contribution in [2.24, 2.45) is 71.0 Å². The lowest BCUT2D eigenvalue weighted by Crippen LogP contribution is -2.40. The Kier molecular flexibility index (Phi) is 12.1. The van der Waals surface area contributed by atoms with E-state index in [1.165, 1.54) is 0 Å². The van der Waals surface area contributed by atoms with Crippen molar-refractivity contribution in [2.75, 3.05) is 6.61 Å². The molecule has 0 aromatic heterocycles. The standard InChI is InChI=1S/C33H54N2O6/c1-7-24-22(16-36)14-26(32(40)34-28(38)11-18(3)4)30(24)20-9-10-21(13-20)31-25(8-2)23(17-37)15-27(31)33(41)35-29(39)12-19(5)6/h16,18-27,30-31,37H,7-15,17H2,1-6H3,(H,34,38,40)(H,35,39,41). The number of imide groups is 2. The maximum absolute atomic E-state index is 13.4. The number of carbonyl (C=O) groups excluding carboxylic acids is 5. The van der Waals surface area contributed by atoms with Gasteiger partial charge in [-0.2, -0.15) is 0 Å². The van der Waals surface area contributed by atoms with Gasteiger partial charge in [0.2, 0.25) is 23.6 Å². The molecule has 41 heavy (non-hydrogen) atoms. The van der Waals surface area contributed by atoms with Gasteiger partial charge in [-0.25, -0.2) is 0 Å². The van der Waals surface area contributed by atoms with Crippen LogP contribution in [0.1, 0.15) is 99.3 Å². The first-order chi connectivity index (χ1) is 19.4. The summed E-state index contributed by atoms with van der Waals surface area (Å²) in [6, 6.07) is 0. The summed E-state index contributed by atoms with van der Waals surface area (Å²) >= 11 is 0. The van der Waals surface area contributed by atoms with Crippen LogP contribution >= 0.6 is 0 Å². The molecule has 10 unspecified atom stereocenters. The van der Waals surface area contributed by atoms with Crippen LogP contribution < -0.4 is 10.6 Å². The second-order valence-electron chi connectivity index (χ2n) is 14.1. The van der Waals surface area contributed by atoms with Crippen LogP contribution in [0.4, 0.5) is 0 Å². The van der Waals surface area contributed by atoms with Crippen LogP contribution in [0.3, 0.4) is 0 Å². The van der Waals surface area contributed by atoms with Crippen LogP contribution in [-0.2, 0) is 24.0 Å². The highest BCUT2D eigenvalue weighted by molar-refractivity contribution is 5.97. The first kappa shape index (κ1) is 33.4. The van der Waals surface area contributed by atoms with Crippen LogP contribution in [0.25, 0.3) is 0 Å². The predicted molar refractivity (Wildman–Crippen MR) is 157 cm³/mol. The van der Waals surface area contributed by atoms with Crippen LogP contribution in [0, 0.1) is 71.0 Å². The maximum atomic E-state index is 13.4. The Hall–Kier alpha value is -2.09. The summed E-state index contributed by atoms with van der Waals surface area (Å²) in [4.78, 5) is 63.8. The number of aliphatic hydroxyl groups is 1. The summed E-state index contributed by atoms with van der Waals surface area (Å²) in [7, 11) is 0. The van der Waals surface area contributed by atoms with Crippen LogP contribution in [0.15, 0.2) is 0 Å². The van der Waals surface area contributed by atoms with Gasteiger partial charge in [0.25, 0.3) is 0 Å². The molecular formula is C33H54N2O6. The Bertz CT molecular complexity index is 948. The first-order valence-corrected chi connectivity index (χ1v) is 16.2. The van der Waals surface area contributed by atoms with Crippen molar-refractivity contribution in [3.05, 3.63) is 0 Å². The first-order valence-electron chi connectivity index (χ1n) is 16.2. The number of aliphatic hydroxyl groups excluding tert-OH is 1. The average molecular weight is 575 g/mol. The number of hydrogen-bond donors (Lipinski definition) is 3. The molecule has 3 rings (SSSR count). The van der Waals surface area contributed by atoms with E-state index >= 15 is 0 Å². The molecule has 3 N–H and O–H groups in total. The minimum atomic E-state index is -0.376. The van der Waals surface area contributed by atoms with Crippen LogP contribution in [-0.4, -0.2) is 41.6 Å². The maximum Gasteiger partial charge on any atom is 0.229 e. The molecule has 0 saturated heterocycles. The normalized spacial score (nSPS) is 35.1. The number of hydrogen-bond acceptors (Lipinski definition) is 6. The zero-order chi connectivity index (χ0) is 30.4. The lowest BCUT2D eigenvalue weighted by molar-refractivity contribution is -0.135. The van der Waals surface area contributed by atoms with E-state index in [1.54, 1.807) is 0 Å². The van der Waals surface area contributed by atoms with Gasteiger partial charge in [-0.3, -0.25) is 29.8 Å². The van der Waals surface area contributed by atoms with Crippen molar-refractivity contribution in [3.8, 4) is 0 Å². The van der Waals surface area contributed by atoms with Gasteiger partial charge < -0.3 is 9.90 Å². The van der Waals surface area contributed by atoms with Crippen molar-refractivity contribution in [1.29, 1.82) is 0 Å². The van der Waals surface area contributed by atoms with Gasteiger partial charge in [-0.05, 0) is 85.4 Å². The minimum absolute atomic E-state index is 0.0158. The zero-order valence-electron chi connectivity index (χ0n) is 26.1. The Morgan fingerprint density at radius 1 is 0.756 bits per heavy atom. The highest BCUT2D eigenvalue weighted by Crippen LogP contribution is 2.57. The van der Waals surface area contributed by atoms with E-state index in [9.17, 15) is 29.1 Å². The summed E-state index contributed by atoms with van der Waals surface area (Å²) in [5, 5.41) is 15.5. The minimum Gasteiger partial charge on any atom is -0.396 e. The molecule has 0 radical (unpaired) electrons. The highest BCUT2D eigenvalue weighted by Gasteiger charge is 2.54. The summed E-state index contributed by atoms with van der Waals surface area (Å²) in [5.74, 6) is -0.686. The molecule has 3 fully saturated rings. The Balaban J connectivity index is 1.82. The van der Waals surface area contributed by atoms with Crippen molar-refractivity contribution >= 4 is 29.9 Å². The van der Waals surface area contributed by atoms with E-state index in [0.29, 0.717) is 19.3 Å². The molecule has 0 heterocycles. The molecule has 8 nitrogen and oxygen atoms in total. The highest BCUT2D eigenvalue weighted by atomic mass is 16.3. The summed E-state index contributed by atoms with van der Waals surface area (Å²) < 4.78 is 0. The van der Waals surface area contributed by atoms with Gasteiger partial charge in [-0.15, -0.1) is 0 Å². The molecule has 0 bridgehead atoms. The van der Waals surface area contributed by atoms with E-state index in [1.807, 2.05) is 27.7 Å². The van der Waals surface area contributed by atoms with Crippen LogP contribution in [0.2, 0.25) is 0 Å². The molecule has 0 aliphatic heterocycles. The van der Waals surface area contributed by atoms with Gasteiger partial charge in [0, 0.05) is 37.2 Å². The topological polar surface area (TPSA) is 130 Å². The molecule has 3 saturated carbocycles. The number of carbonyl (C=O) groups is 5. The van der Waals surface area contributed by atoms with E-state index < -0.39 is 0 Å². The van der Waals surface area contributed by atoms with E-state index in [2.05, 4.69) is 24.5 Å². The van der Waals surface area contributed by atoms with Gasteiger partial charge in [-0.1, -0.05) is 54.4 Å². The summed E-state index contributed by atoms with van der Waals surface area (Å²) in [5.41, 5.74) is 0. The Morgan fingerprint density at radius 2 is 1.22 bits per heavy atom. The van der Waals surface area contributed by atoms with Crippen molar-refractivity contribution in [2.45, 2.75) is 99.3 Å². The Morgan fingerprint density at radius 3 is 1.63 bits per heavy atom. The molecule has 10 atom stereocenters. The lowest BCUT2D eigenvalue weighted by Gasteiger charge is -2.33. The van der Waals surface area contributed by atoms with E-state index in [0.717, 1.165) is 38.4 Å². The smallest absolute Gasteiger partial charge is 0.229 e. The third-order valence-corrected chi connectivity index (χ3v) is 10.5. The number of rotatable bonds is 12. The van der Waals surface area contributed by atoms with Gasteiger partial charge in [0.1, 0.15) is 6.29 Å². The van der Waals surface area contributed by atoms with E-state index in [-0.39, 0.29) is 108 Å². The van der Waals surface area contributed by atoms with Crippen LogP contribution in [0.5, 0.6) is 0 Å². The molecule has 0 aromatic rings. The van der Waals surface area contributed by atoms with Crippen molar-refractivity contribution in [3.63, 3.8) is 0 Å². The largest absolute Gasteiger partial charge is 0.396 e. The fraction of sp³-hybridized carbons (Fsp3) is 0.848. The number of nitrogens with one attached hydrogen (secondary N) is 2. The third-order valence-electron chi connectivity index (χ3n) is 10.5. The van der Waals surface area contributed by atoms with E-state index in [4.69, 9.17) is 0 Å². The quantitative estimate of drug-likeness (QED) is 0.294. The van der Waals surface area contributed by atoms with Gasteiger partial charge in [0.05, 0.1) is 0 Å². The molecule has 0 spiro atoms. The molecular weight excluding hydrogens is 520 g/mol. The fourth-order valence-electron chi connectivity index (χ4n) is 9.00. The second-order valence-corrected chi connectivity index (χ2v) is 14.1. The van der Waals surface area contributed by atoms with Gasteiger partial charge >= 0.3 is 0 Å². The second kappa shape index (κ2) is 14.9. The predicted octanol–water partition coefficient (Wildman–Crippen LogP) is 4.53. The monoisotopic (exact) mass is 574 g/mol. The third kappa shape index (κ3) is 7.85.